The van der Waals surface area contributed by atoms with Crippen LogP contribution < -0.4 is 19.6 Å². The molecule has 2 aromatic rings. The Hall–Kier alpha value is -2.63. The van der Waals surface area contributed by atoms with Gasteiger partial charge < -0.3 is 0 Å². The smallest absolute Gasteiger partial charge is 0.293 e. The first-order chi connectivity index (χ1) is 9.41. The second kappa shape index (κ2) is 5.16. The summed E-state index contributed by atoms with van der Waals surface area (Å²) in [6, 6.07) is 8.34. The van der Waals surface area contributed by atoms with Crippen LogP contribution in [0.5, 0.6) is 5.75 Å². The maximum absolute atomic E-state index is 12.0. The van der Waals surface area contributed by atoms with Gasteiger partial charge in [-0.05, 0) is 16.9 Å². The summed E-state index contributed by atoms with van der Waals surface area (Å²) in [6.07, 6.45) is 7.34. The van der Waals surface area contributed by atoms with Crippen LogP contribution in [-0.4, -0.2) is 13.1 Å². The van der Waals surface area contributed by atoms with Crippen LogP contribution in [-0.2, 0) is 10.2 Å². The highest BCUT2D eigenvalue weighted by atomic mass is 32.2. The summed E-state index contributed by atoms with van der Waals surface area (Å²) in [5.41, 5.74) is -0.870. The molecule has 0 bridgehead atoms. The molecule has 2 N–H and O–H groups in total. The number of nitrogens with two attached hydrogens (primary N) is 1. The number of nitrogens with zero attached hydrogens (tertiary/aromatic N) is 2. The Balaban J connectivity index is 2.60. The van der Waals surface area contributed by atoms with Crippen molar-refractivity contribution in [1.29, 1.82) is 0 Å². The number of terminal acetylenes is 1. The van der Waals surface area contributed by atoms with Gasteiger partial charge >= 0.3 is 15.9 Å². The largest absolute Gasteiger partial charge is 0.554 e. The number of benzene rings is 1. The highest BCUT2D eigenvalue weighted by molar-refractivity contribution is 7.82. The van der Waals surface area contributed by atoms with Crippen molar-refractivity contribution in [2.45, 2.75) is 0 Å². The SMILES string of the molecule is C#Cc1cn(Oc2ccccc2)c(=O)[n+](S(N)(=O)=O)c1. The van der Waals surface area contributed by atoms with E-state index >= 15 is 0 Å². The summed E-state index contributed by atoms with van der Waals surface area (Å²) in [5, 5.41) is 4.94. The van der Waals surface area contributed by atoms with E-state index in [0.717, 1.165) is 6.20 Å². The van der Waals surface area contributed by atoms with E-state index in [2.05, 4.69) is 5.92 Å². The molecule has 0 amide bonds. The zero-order valence-electron chi connectivity index (χ0n) is 10.1. The molecule has 102 valence electrons. The highest BCUT2D eigenvalue weighted by Gasteiger charge is 2.23. The van der Waals surface area contributed by atoms with Crippen molar-refractivity contribution in [1.82, 2.24) is 4.73 Å². The first kappa shape index (κ1) is 13.8. The van der Waals surface area contributed by atoms with Crippen LogP contribution in [0, 0.1) is 12.3 Å². The molecule has 0 radical (unpaired) electrons. The van der Waals surface area contributed by atoms with Gasteiger partial charge in [-0.1, -0.05) is 28.1 Å². The van der Waals surface area contributed by atoms with Gasteiger partial charge in [-0.3, -0.25) is 4.84 Å². The van der Waals surface area contributed by atoms with Gasteiger partial charge in [0.15, 0.2) is 11.9 Å². The Bertz CT molecular complexity index is 835. The van der Waals surface area contributed by atoms with Crippen LogP contribution in [0.2, 0.25) is 0 Å². The quantitative estimate of drug-likeness (QED) is 0.580. The molecule has 0 saturated carbocycles. The van der Waals surface area contributed by atoms with Gasteiger partial charge in [0.2, 0.25) is 0 Å². The minimum absolute atomic E-state index is 0.120. The van der Waals surface area contributed by atoms with Crippen molar-refractivity contribution in [2.24, 2.45) is 5.14 Å². The van der Waals surface area contributed by atoms with Crippen LogP contribution >= 0.6 is 0 Å². The van der Waals surface area contributed by atoms with Gasteiger partial charge in [-0.2, -0.15) is 18.4 Å². The fraction of sp³-hybridized carbons (Fsp3) is 0. The van der Waals surface area contributed by atoms with Crippen molar-refractivity contribution in [3.63, 3.8) is 0 Å². The van der Waals surface area contributed by atoms with Crippen molar-refractivity contribution < 1.29 is 17.2 Å². The molecule has 7 nitrogen and oxygen atoms in total. The Morgan fingerprint density at radius 2 is 1.95 bits per heavy atom. The predicted octanol–water partition coefficient (Wildman–Crippen LogP) is -0.989. The molecule has 1 aromatic heterocycles. The monoisotopic (exact) mass is 292 g/mol. The zero-order chi connectivity index (χ0) is 14.8. The van der Waals surface area contributed by atoms with Gasteiger partial charge in [-0.15, -0.1) is 6.42 Å². The van der Waals surface area contributed by atoms with Gasteiger partial charge in [0.25, 0.3) is 0 Å². The first-order valence-corrected chi connectivity index (χ1v) is 6.84. The summed E-state index contributed by atoms with van der Waals surface area (Å²) in [7, 11) is -4.27. The second-order valence-electron chi connectivity index (χ2n) is 3.71. The maximum atomic E-state index is 12.0. The summed E-state index contributed by atoms with van der Waals surface area (Å²) < 4.78 is 23.7. The van der Waals surface area contributed by atoms with Gasteiger partial charge in [-0.25, -0.2) is 0 Å². The molecular weight excluding hydrogens is 282 g/mol. The van der Waals surface area contributed by atoms with E-state index < -0.39 is 15.9 Å². The van der Waals surface area contributed by atoms with Crippen molar-refractivity contribution in [3.8, 4) is 18.1 Å². The Morgan fingerprint density at radius 1 is 1.30 bits per heavy atom. The van der Waals surface area contributed by atoms with Crippen LogP contribution in [0.15, 0.2) is 47.5 Å². The Morgan fingerprint density at radius 3 is 2.50 bits per heavy atom. The third-order valence-electron chi connectivity index (χ3n) is 2.28. The van der Waals surface area contributed by atoms with E-state index in [1.54, 1.807) is 30.3 Å². The lowest BCUT2D eigenvalue weighted by atomic mass is 10.3. The lowest BCUT2D eigenvalue weighted by molar-refractivity contribution is -0.538. The average Bonchev–Trinajstić information content (AvgIpc) is 2.41. The second-order valence-corrected chi connectivity index (χ2v) is 5.13. The number of hydrogen-bond acceptors (Lipinski definition) is 4. The average molecular weight is 292 g/mol. The number of aromatic nitrogens is 2. The molecule has 0 unspecified atom stereocenters. The number of hydrogen-bond donors (Lipinski definition) is 1. The zero-order valence-corrected chi connectivity index (χ0v) is 10.9. The summed E-state index contributed by atoms with van der Waals surface area (Å²) in [6.45, 7) is 0. The van der Waals surface area contributed by atoms with Crippen molar-refractivity contribution >= 4 is 10.2 Å². The van der Waals surface area contributed by atoms with Crippen LogP contribution in [0.4, 0.5) is 0 Å². The number of para-hydroxylation sites is 1. The molecular formula is C12H10N3O4S+. The molecule has 8 heteroatoms. The summed E-state index contributed by atoms with van der Waals surface area (Å²) in [5.74, 6) is 2.55. The highest BCUT2D eigenvalue weighted by Crippen LogP contribution is 2.08. The molecule has 20 heavy (non-hydrogen) atoms. The third kappa shape index (κ3) is 2.85. The molecule has 1 heterocycles. The predicted molar refractivity (Wildman–Crippen MR) is 69.8 cm³/mol. The van der Waals surface area contributed by atoms with Crippen LogP contribution in [0.25, 0.3) is 0 Å². The van der Waals surface area contributed by atoms with E-state index in [0.29, 0.717) is 14.5 Å². The lowest BCUT2D eigenvalue weighted by Gasteiger charge is -2.02. The van der Waals surface area contributed by atoms with E-state index in [9.17, 15) is 13.2 Å². The van der Waals surface area contributed by atoms with Gasteiger partial charge in [0.05, 0.1) is 0 Å². The minimum Gasteiger partial charge on any atom is -0.293 e. The molecule has 1 aromatic carbocycles. The van der Waals surface area contributed by atoms with Gasteiger partial charge in [0.1, 0.15) is 11.8 Å². The van der Waals surface area contributed by atoms with Crippen LogP contribution in [0.3, 0.4) is 0 Å². The van der Waals surface area contributed by atoms with Crippen molar-refractivity contribution in [2.75, 3.05) is 0 Å². The lowest BCUT2D eigenvalue weighted by Crippen LogP contribution is -2.62. The van der Waals surface area contributed by atoms with E-state index in [4.69, 9.17) is 16.4 Å². The summed E-state index contributed by atoms with van der Waals surface area (Å²) >= 11 is 0. The standard InChI is InChI=1S/C12H10N3O4S/c1-2-10-8-14(19-11-6-4-3-5-7-11)12(16)15(9-10)20(13,17)18/h1,3-9H,(H2,13,17,18)/q+1. The normalized spacial score (nSPS) is 10.8. The maximum Gasteiger partial charge on any atom is 0.554 e. The van der Waals surface area contributed by atoms with Crippen molar-refractivity contribution in [3.05, 3.63) is 58.8 Å². The van der Waals surface area contributed by atoms with E-state index in [1.807, 2.05) is 0 Å². The molecule has 0 aliphatic carbocycles. The third-order valence-corrected chi connectivity index (χ3v) is 3.09. The topological polar surface area (TPSA) is 95.3 Å². The summed E-state index contributed by atoms with van der Waals surface area (Å²) in [4.78, 5) is 17.2. The fourth-order valence-electron chi connectivity index (χ4n) is 1.41. The minimum atomic E-state index is -4.27. The molecule has 2 rings (SSSR count). The first-order valence-electron chi connectivity index (χ1n) is 5.33. The van der Waals surface area contributed by atoms with E-state index in [1.165, 1.54) is 6.20 Å². The molecule has 0 fully saturated rings. The molecule has 0 saturated heterocycles. The Kier molecular flexibility index (Phi) is 3.56. The molecule has 0 aliphatic rings. The van der Waals surface area contributed by atoms with Crippen LogP contribution in [0.1, 0.15) is 5.56 Å². The van der Waals surface area contributed by atoms with E-state index in [-0.39, 0.29) is 5.56 Å². The molecule has 0 spiro atoms. The van der Waals surface area contributed by atoms with Gasteiger partial charge in [0, 0.05) is 0 Å². The Labute approximate surface area is 115 Å². The molecule has 0 aliphatic heterocycles. The number of rotatable bonds is 3. The fourth-order valence-corrected chi connectivity index (χ4v) is 1.97. The molecule has 0 atom stereocenters.